The molecule has 160 valence electrons. The van der Waals surface area contributed by atoms with Gasteiger partial charge in [0.2, 0.25) is 0 Å². The third-order valence-electron chi connectivity index (χ3n) is 5.20. The Hall–Kier alpha value is -1.09. The van der Waals surface area contributed by atoms with E-state index < -0.39 is 0 Å². The molecule has 0 spiro atoms. The SMILES string of the molecule is CCN1CCN(c2cc(CN=C(N)NC(C)CCCC(C)C)ccn2)CC1.I. The molecule has 2 heterocycles. The van der Waals surface area contributed by atoms with Gasteiger partial charge in [-0.05, 0) is 43.5 Å². The number of halogens is 1. The molecule has 0 saturated carbocycles. The fourth-order valence-corrected chi connectivity index (χ4v) is 3.40. The number of rotatable bonds is 9. The Balaban J connectivity index is 0.00000392. The normalized spacial score (nSPS) is 16.8. The molecule has 1 atom stereocenters. The molecule has 1 fully saturated rings. The Morgan fingerprint density at radius 1 is 1.21 bits per heavy atom. The summed E-state index contributed by atoms with van der Waals surface area (Å²) in [4.78, 5) is 13.9. The van der Waals surface area contributed by atoms with E-state index in [4.69, 9.17) is 5.73 Å². The van der Waals surface area contributed by atoms with Gasteiger partial charge in [0.1, 0.15) is 5.82 Å². The van der Waals surface area contributed by atoms with E-state index in [9.17, 15) is 0 Å². The molecule has 1 aromatic rings. The first-order valence-corrected chi connectivity index (χ1v) is 10.5. The van der Waals surface area contributed by atoms with Gasteiger partial charge in [-0.1, -0.05) is 33.6 Å². The van der Waals surface area contributed by atoms with E-state index in [1.54, 1.807) is 0 Å². The molecule has 1 aliphatic heterocycles. The van der Waals surface area contributed by atoms with E-state index >= 15 is 0 Å². The van der Waals surface area contributed by atoms with Crippen LogP contribution < -0.4 is 16.0 Å². The highest BCUT2D eigenvalue weighted by Crippen LogP contribution is 2.15. The second-order valence-electron chi connectivity index (χ2n) is 8.02. The minimum atomic E-state index is 0. The summed E-state index contributed by atoms with van der Waals surface area (Å²) in [5, 5.41) is 3.31. The third kappa shape index (κ3) is 8.94. The van der Waals surface area contributed by atoms with Crippen molar-refractivity contribution in [3.63, 3.8) is 0 Å². The maximum Gasteiger partial charge on any atom is 0.189 e. The molecule has 1 unspecified atom stereocenters. The van der Waals surface area contributed by atoms with Crippen LogP contribution in [0.3, 0.4) is 0 Å². The lowest BCUT2D eigenvalue weighted by atomic mass is 10.0. The average molecular weight is 502 g/mol. The molecule has 0 amide bonds. The third-order valence-corrected chi connectivity index (χ3v) is 5.20. The number of piperazine rings is 1. The van der Waals surface area contributed by atoms with Gasteiger partial charge in [0.25, 0.3) is 0 Å². The van der Waals surface area contributed by atoms with Gasteiger partial charge >= 0.3 is 0 Å². The number of nitrogens with one attached hydrogen (secondary N) is 1. The largest absolute Gasteiger partial charge is 0.370 e. The maximum absolute atomic E-state index is 6.07. The van der Waals surface area contributed by atoms with Crippen molar-refractivity contribution in [3.05, 3.63) is 23.9 Å². The fourth-order valence-electron chi connectivity index (χ4n) is 3.40. The lowest BCUT2D eigenvalue weighted by Crippen LogP contribution is -2.46. The number of likely N-dealkylation sites (N-methyl/N-ethyl adjacent to an activating group) is 1. The van der Waals surface area contributed by atoms with Gasteiger partial charge in [-0.3, -0.25) is 0 Å². The first kappa shape index (κ1) is 24.9. The molecule has 28 heavy (non-hydrogen) atoms. The maximum atomic E-state index is 6.07. The number of pyridine rings is 1. The van der Waals surface area contributed by atoms with Crippen LogP contribution in [-0.2, 0) is 6.54 Å². The van der Waals surface area contributed by atoms with Crippen LogP contribution in [0, 0.1) is 5.92 Å². The highest BCUT2D eigenvalue weighted by Gasteiger charge is 2.16. The molecule has 6 nitrogen and oxygen atoms in total. The average Bonchev–Trinajstić information content (AvgIpc) is 2.66. The van der Waals surface area contributed by atoms with Crippen LogP contribution in [0.1, 0.15) is 52.5 Å². The van der Waals surface area contributed by atoms with Gasteiger partial charge in [0, 0.05) is 38.4 Å². The second-order valence-corrected chi connectivity index (χ2v) is 8.02. The summed E-state index contributed by atoms with van der Waals surface area (Å²) < 4.78 is 0. The lowest BCUT2D eigenvalue weighted by molar-refractivity contribution is 0.270. The van der Waals surface area contributed by atoms with Crippen LogP contribution in [0.25, 0.3) is 0 Å². The molecule has 0 aliphatic carbocycles. The molecule has 2 rings (SSSR count). The zero-order valence-electron chi connectivity index (χ0n) is 18.0. The smallest absolute Gasteiger partial charge is 0.189 e. The van der Waals surface area contributed by atoms with Crippen molar-refractivity contribution in [2.75, 3.05) is 37.6 Å². The summed E-state index contributed by atoms with van der Waals surface area (Å²) >= 11 is 0. The molecule has 7 heteroatoms. The highest BCUT2D eigenvalue weighted by molar-refractivity contribution is 14.0. The van der Waals surface area contributed by atoms with E-state index in [1.165, 1.54) is 12.8 Å². The molecule has 1 saturated heterocycles. The van der Waals surface area contributed by atoms with Crippen LogP contribution in [-0.4, -0.2) is 54.6 Å². The standard InChI is InChI=1S/C21H38N6.HI/c1-5-26-11-13-27(14-12-26)20-15-19(9-10-23-20)16-24-21(22)25-18(4)8-6-7-17(2)3;/h9-10,15,17-18H,5-8,11-14,16H2,1-4H3,(H3,22,24,25);1H. The number of aromatic nitrogens is 1. The molecule has 0 radical (unpaired) electrons. The van der Waals surface area contributed by atoms with Gasteiger partial charge in [-0.2, -0.15) is 0 Å². The second kappa shape index (κ2) is 13.2. The monoisotopic (exact) mass is 502 g/mol. The molecule has 0 bridgehead atoms. The molecule has 3 N–H and O–H groups in total. The van der Waals surface area contributed by atoms with Crippen LogP contribution in [0.15, 0.2) is 23.3 Å². The zero-order valence-corrected chi connectivity index (χ0v) is 20.4. The van der Waals surface area contributed by atoms with Crippen LogP contribution in [0.2, 0.25) is 0 Å². The predicted molar refractivity (Wildman–Crippen MR) is 131 cm³/mol. The van der Waals surface area contributed by atoms with Crippen molar-refractivity contribution in [2.45, 2.75) is 59.5 Å². The van der Waals surface area contributed by atoms with E-state index in [0.29, 0.717) is 18.5 Å². The summed E-state index contributed by atoms with van der Waals surface area (Å²) in [5.41, 5.74) is 7.22. The van der Waals surface area contributed by atoms with Crippen molar-refractivity contribution in [1.82, 2.24) is 15.2 Å². The number of guanidine groups is 1. The van der Waals surface area contributed by atoms with Crippen molar-refractivity contribution in [3.8, 4) is 0 Å². The minimum Gasteiger partial charge on any atom is -0.370 e. The number of hydrogen-bond acceptors (Lipinski definition) is 4. The number of nitrogens with zero attached hydrogens (tertiary/aromatic N) is 4. The summed E-state index contributed by atoms with van der Waals surface area (Å²) in [6.45, 7) is 14.9. The van der Waals surface area contributed by atoms with Crippen molar-refractivity contribution in [1.29, 1.82) is 0 Å². The number of aliphatic imine (C=N–C) groups is 1. The van der Waals surface area contributed by atoms with Crippen LogP contribution in [0.5, 0.6) is 0 Å². The molecular formula is C21H39IN6. The Morgan fingerprint density at radius 3 is 2.57 bits per heavy atom. The molecule has 1 aliphatic rings. The molecule has 0 aromatic carbocycles. The van der Waals surface area contributed by atoms with Gasteiger partial charge in [-0.25, -0.2) is 9.98 Å². The van der Waals surface area contributed by atoms with Crippen LogP contribution in [0.4, 0.5) is 5.82 Å². The van der Waals surface area contributed by atoms with E-state index in [-0.39, 0.29) is 24.0 Å². The van der Waals surface area contributed by atoms with Gasteiger partial charge in [-0.15, -0.1) is 24.0 Å². The van der Waals surface area contributed by atoms with Crippen LogP contribution >= 0.6 is 24.0 Å². The van der Waals surface area contributed by atoms with Gasteiger partial charge in [0.05, 0.1) is 6.54 Å². The van der Waals surface area contributed by atoms with E-state index in [0.717, 1.165) is 56.4 Å². The molecule has 1 aromatic heterocycles. The first-order chi connectivity index (χ1) is 13.0. The Morgan fingerprint density at radius 2 is 1.93 bits per heavy atom. The Kier molecular flexibility index (Phi) is 11.8. The Labute approximate surface area is 188 Å². The topological polar surface area (TPSA) is 69.8 Å². The zero-order chi connectivity index (χ0) is 19.6. The van der Waals surface area contributed by atoms with Crippen molar-refractivity contribution in [2.24, 2.45) is 16.6 Å². The highest BCUT2D eigenvalue weighted by atomic mass is 127. The van der Waals surface area contributed by atoms with E-state index in [2.05, 4.69) is 58.9 Å². The number of hydrogen-bond donors (Lipinski definition) is 2. The number of nitrogens with two attached hydrogens (primary N) is 1. The summed E-state index contributed by atoms with van der Waals surface area (Å²) in [6.07, 6.45) is 5.48. The first-order valence-electron chi connectivity index (χ1n) is 10.5. The van der Waals surface area contributed by atoms with Crippen molar-refractivity contribution < 1.29 is 0 Å². The summed E-state index contributed by atoms with van der Waals surface area (Å²) in [7, 11) is 0. The Bertz CT molecular complexity index is 584. The van der Waals surface area contributed by atoms with Gasteiger partial charge in [0.15, 0.2) is 5.96 Å². The lowest BCUT2D eigenvalue weighted by Gasteiger charge is -2.34. The quantitative estimate of drug-likeness (QED) is 0.308. The minimum absolute atomic E-state index is 0. The van der Waals surface area contributed by atoms with Crippen molar-refractivity contribution >= 4 is 35.8 Å². The van der Waals surface area contributed by atoms with Gasteiger partial charge < -0.3 is 20.9 Å². The number of anilines is 1. The fraction of sp³-hybridized carbons (Fsp3) is 0.714. The summed E-state index contributed by atoms with van der Waals surface area (Å²) in [6, 6.07) is 4.52. The summed E-state index contributed by atoms with van der Waals surface area (Å²) in [5.74, 6) is 2.34. The molecular weight excluding hydrogens is 463 g/mol. The predicted octanol–water partition coefficient (Wildman–Crippen LogP) is 3.46. The van der Waals surface area contributed by atoms with E-state index in [1.807, 2.05) is 12.3 Å².